The lowest BCUT2D eigenvalue weighted by Gasteiger charge is -2.31. The smallest absolute Gasteiger partial charge is 0.325 e. The van der Waals surface area contributed by atoms with E-state index in [0.717, 1.165) is 15.8 Å². The number of carboxylic acid groups (broad SMARTS) is 1. The van der Waals surface area contributed by atoms with Crippen LogP contribution in [0.5, 0.6) is 11.5 Å². The van der Waals surface area contributed by atoms with Crippen molar-refractivity contribution in [3.63, 3.8) is 0 Å². The summed E-state index contributed by atoms with van der Waals surface area (Å²) in [7, 11) is 1.51. The number of H-pyrrole nitrogens is 1. The number of phenols is 1. The van der Waals surface area contributed by atoms with Gasteiger partial charge in [0.05, 0.1) is 24.6 Å². The Morgan fingerprint density at radius 1 is 1.00 bits per heavy atom. The van der Waals surface area contributed by atoms with E-state index < -0.39 is 41.2 Å². The van der Waals surface area contributed by atoms with Gasteiger partial charge in [0.25, 0.3) is 0 Å². The molecule has 0 unspecified atom stereocenters. The minimum absolute atomic E-state index is 0.0485. The summed E-state index contributed by atoms with van der Waals surface area (Å²) in [4.78, 5) is 45.3. The monoisotopic (exact) mass is 511 g/mol. The zero-order chi connectivity index (χ0) is 26.6. The van der Waals surface area contributed by atoms with Gasteiger partial charge in [0.1, 0.15) is 17.0 Å². The summed E-state index contributed by atoms with van der Waals surface area (Å²) >= 11 is 0. The van der Waals surface area contributed by atoms with Crippen LogP contribution in [0, 0.1) is 11.8 Å². The molecule has 9 nitrogen and oxygen atoms in total. The Labute approximate surface area is 217 Å². The van der Waals surface area contributed by atoms with Gasteiger partial charge in [-0.15, -0.1) is 0 Å². The third-order valence-corrected chi connectivity index (χ3v) is 7.78. The molecule has 2 aliphatic rings. The molecule has 1 aromatic heterocycles. The van der Waals surface area contributed by atoms with E-state index in [-0.39, 0.29) is 12.2 Å². The van der Waals surface area contributed by atoms with Crippen molar-refractivity contribution in [2.75, 3.05) is 12.0 Å². The first-order chi connectivity index (χ1) is 18.4. The quantitative estimate of drug-likeness (QED) is 0.292. The second kappa shape index (κ2) is 8.74. The Kier molecular flexibility index (Phi) is 5.46. The number of fused-ring (bicyclic) bond motifs is 2. The Bertz CT molecular complexity index is 1580. The number of hydrogen-bond acceptors (Lipinski definition) is 6. The zero-order valence-electron chi connectivity index (χ0n) is 20.4. The molecule has 192 valence electrons. The van der Waals surface area contributed by atoms with Gasteiger partial charge in [-0.05, 0) is 42.0 Å². The summed E-state index contributed by atoms with van der Waals surface area (Å²) in [5, 5.41) is 25.4. The summed E-state index contributed by atoms with van der Waals surface area (Å²) in [5.41, 5.74) is 0.426. The first kappa shape index (κ1) is 23.7. The van der Waals surface area contributed by atoms with Crippen LogP contribution in [0.15, 0.2) is 79.0 Å². The number of hydrogen-bond donors (Lipinski definition) is 4. The van der Waals surface area contributed by atoms with E-state index in [1.807, 2.05) is 24.3 Å². The van der Waals surface area contributed by atoms with Gasteiger partial charge in [-0.3, -0.25) is 19.7 Å². The Morgan fingerprint density at radius 2 is 1.71 bits per heavy atom. The summed E-state index contributed by atoms with van der Waals surface area (Å²) in [6, 6.07) is 19.5. The number of nitrogens with zero attached hydrogens (tertiary/aromatic N) is 1. The number of imide groups is 1. The number of amides is 2. The fraction of sp³-hybridized carbons (Fsp3) is 0.207. The molecule has 2 aliphatic heterocycles. The second-order valence-electron chi connectivity index (χ2n) is 9.71. The van der Waals surface area contributed by atoms with E-state index in [1.54, 1.807) is 48.7 Å². The Morgan fingerprint density at radius 3 is 2.42 bits per heavy atom. The van der Waals surface area contributed by atoms with Gasteiger partial charge in [-0.2, -0.15) is 0 Å². The van der Waals surface area contributed by atoms with Gasteiger partial charge in [0.2, 0.25) is 11.8 Å². The van der Waals surface area contributed by atoms with Gasteiger partial charge in [-0.25, -0.2) is 4.90 Å². The molecule has 6 rings (SSSR count). The van der Waals surface area contributed by atoms with Crippen LogP contribution in [0.2, 0.25) is 0 Å². The molecule has 0 aliphatic carbocycles. The standard InChI is InChI=1S/C29H25N3O6/c1-38-18-12-10-17(11-13-18)32-26(34)23-24(27(32)35)29(28(36)37,31-25(23)20-7-3-5-9-22(20)33)14-16-15-30-21-8-4-2-6-19(16)21/h2-13,15,23-25,30-31,33H,14H2,1H3,(H,36,37)/t23-,24-,25-,29-/m0/s1. The fourth-order valence-electron chi connectivity index (χ4n) is 6.02. The largest absolute Gasteiger partial charge is 0.508 e. The molecule has 38 heavy (non-hydrogen) atoms. The molecular formula is C29H25N3O6. The maximum absolute atomic E-state index is 14.0. The Hall–Kier alpha value is -4.63. The predicted octanol–water partition coefficient (Wildman–Crippen LogP) is 3.40. The number of carbonyl (C=O) groups is 3. The predicted molar refractivity (Wildman–Crippen MR) is 139 cm³/mol. The summed E-state index contributed by atoms with van der Waals surface area (Å²) < 4.78 is 5.20. The van der Waals surface area contributed by atoms with Crippen LogP contribution in [0.1, 0.15) is 17.2 Å². The van der Waals surface area contributed by atoms with Crippen molar-refractivity contribution < 1.29 is 29.3 Å². The van der Waals surface area contributed by atoms with Crippen LogP contribution < -0.4 is 15.0 Å². The highest BCUT2D eigenvalue weighted by molar-refractivity contribution is 6.24. The number of aliphatic carboxylic acids is 1. The first-order valence-corrected chi connectivity index (χ1v) is 12.2. The van der Waals surface area contributed by atoms with Crippen molar-refractivity contribution in [3.8, 4) is 11.5 Å². The number of ether oxygens (including phenoxy) is 1. The van der Waals surface area contributed by atoms with Gasteiger partial charge < -0.3 is 19.9 Å². The van der Waals surface area contributed by atoms with E-state index in [4.69, 9.17) is 4.74 Å². The van der Waals surface area contributed by atoms with Crippen LogP contribution in [0.4, 0.5) is 5.69 Å². The lowest BCUT2D eigenvalue weighted by molar-refractivity contribution is -0.148. The van der Waals surface area contributed by atoms with E-state index in [9.17, 15) is 24.6 Å². The van der Waals surface area contributed by atoms with Crippen LogP contribution in [0.25, 0.3) is 10.9 Å². The number of methoxy groups -OCH3 is 1. The molecule has 0 radical (unpaired) electrons. The number of benzene rings is 3. The molecule has 0 bridgehead atoms. The van der Waals surface area contributed by atoms with Crippen molar-refractivity contribution in [1.29, 1.82) is 0 Å². The van der Waals surface area contributed by atoms with Crippen LogP contribution in [-0.4, -0.2) is 45.6 Å². The molecule has 4 N–H and O–H groups in total. The molecule has 4 atom stereocenters. The molecule has 2 fully saturated rings. The molecule has 3 aromatic carbocycles. The highest BCUT2D eigenvalue weighted by Gasteiger charge is 2.69. The number of anilines is 1. The minimum atomic E-state index is -1.81. The first-order valence-electron chi connectivity index (χ1n) is 12.2. The number of carbonyl (C=O) groups excluding carboxylic acids is 2. The average Bonchev–Trinajstić information content (AvgIpc) is 3.57. The molecule has 0 spiro atoms. The van der Waals surface area contributed by atoms with Crippen LogP contribution >= 0.6 is 0 Å². The van der Waals surface area contributed by atoms with Crippen LogP contribution in [-0.2, 0) is 20.8 Å². The third-order valence-electron chi connectivity index (χ3n) is 7.78. The second-order valence-corrected chi connectivity index (χ2v) is 9.71. The van der Waals surface area contributed by atoms with Crippen molar-refractivity contribution in [2.24, 2.45) is 11.8 Å². The number of aromatic nitrogens is 1. The van der Waals surface area contributed by atoms with Crippen molar-refractivity contribution in [3.05, 3.63) is 90.1 Å². The SMILES string of the molecule is COc1ccc(N2C(=O)[C@H]3[C@@H](C2=O)[C@@](Cc2c[nH]c4ccccc24)(C(=O)O)N[C@H]3c2ccccc2O)cc1. The van der Waals surface area contributed by atoms with Crippen LogP contribution in [0.3, 0.4) is 0 Å². The van der Waals surface area contributed by atoms with Gasteiger partial charge in [0, 0.05) is 35.1 Å². The third kappa shape index (κ3) is 3.39. The molecule has 9 heteroatoms. The number of phenolic OH excluding ortho intramolecular Hbond substituents is 1. The maximum atomic E-state index is 14.0. The van der Waals surface area contributed by atoms with E-state index in [1.165, 1.54) is 13.2 Å². The molecule has 2 saturated heterocycles. The normalized spacial score (nSPS) is 24.7. The van der Waals surface area contributed by atoms with Crippen molar-refractivity contribution in [2.45, 2.75) is 18.0 Å². The van der Waals surface area contributed by atoms with Gasteiger partial charge >= 0.3 is 5.97 Å². The number of aromatic hydroxyl groups is 1. The van der Waals surface area contributed by atoms with Crippen molar-refractivity contribution in [1.82, 2.24) is 10.3 Å². The number of nitrogens with one attached hydrogen (secondary N) is 2. The topological polar surface area (TPSA) is 132 Å². The van der Waals surface area contributed by atoms with E-state index in [2.05, 4.69) is 10.3 Å². The number of rotatable bonds is 6. The highest BCUT2D eigenvalue weighted by Crippen LogP contribution is 2.52. The lowest BCUT2D eigenvalue weighted by Crippen LogP contribution is -2.57. The number of carboxylic acids is 1. The van der Waals surface area contributed by atoms with Gasteiger partial charge in [0.15, 0.2) is 0 Å². The zero-order valence-corrected chi connectivity index (χ0v) is 20.4. The number of para-hydroxylation sites is 2. The molecule has 0 saturated carbocycles. The van der Waals surface area contributed by atoms with E-state index >= 15 is 0 Å². The average molecular weight is 512 g/mol. The number of aromatic amines is 1. The van der Waals surface area contributed by atoms with Gasteiger partial charge in [-0.1, -0.05) is 36.4 Å². The molecule has 3 heterocycles. The molecule has 2 amide bonds. The summed E-state index contributed by atoms with van der Waals surface area (Å²) in [6.07, 6.45) is 1.69. The Balaban J connectivity index is 1.51. The summed E-state index contributed by atoms with van der Waals surface area (Å²) in [5.74, 6) is -4.15. The fourth-order valence-corrected chi connectivity index (χ4v) is 6.02. The maximum Gasteiger partial charge on any atom is 0.325 e. The summed E-state index contributed by atoms with van der Waals surface area (Å²) in [6.45, 7) is 0. The lowest BCUT2D eigenvalue weighted by atomic mass is 9.76. The molecular weight excluding hydrogens is 486 g/mol. The molecule has 4 aromatic rings. The van der Waals surface area contributed by atoms with E-state index in [0.29, 0.717) is 22.6 Å². The highest BCUT2D eigenvalue weighted by atomic mass is 16.5. The van der Waals surface area contributed by atoms with Crippen molar-refractivity contribution >= 4 is 34.4 Å². The minimum Gasteiger partial charge on any atom is -0.508 e.